The van der Waals surface area contributed by atoms with Gasteiger partial charge in [0.1, 0.15) is 6.33 Å². The van der Waals surface area contributed by atoms with E-state index < -0.39 is 5.54 Å². The van der Waals surface area contributed by atoms with Gasteiger partial charge in [0.2, 0.25) is 5.82 Å². The van der Waals surface area contributed by atoms with Crippen LogP contribution in [0.2, 0.25) is 0 Å². The molecule has 13 heavy (non-hydrogen) atoms. The van der Waals surface area contributed by atoms with Gasteiger partial charge in [-0.3, -0.25) is 0 Å². The molecule has 70 valence electrons. The topological polar surface area (TPSA) is 56.7 Å². The van der Waals surface area contributed by atoms with Crippen molar-refractivity contribution in [1.29, 1.82) is 0 Å². The van der Waals surface area contributed by atoms with E-state index in [-0.39, 0.29) is 0 Å². The van der Waals surface area contributed by atoms with Gasteiger partial charge in [0.15, 0.2) is 0 Å². The molecule has 4 heteroatoms. The number of hydrogen-bond donors (Lipinski definition) is 1. The summed E-state index contributed by atoms with van der Waals surface area (Å²) >= 11 is 0. The second-order valence-electron chi connectivity index (χ2n) is 3.37. The van der Waals surface area contributed by atoms with E-state index in [0.717, 1.165) is 6.54 Å². The number of nitrogens with two attached hydrogens (primary N) is 1. The summed E-state index contributed by atoms with van der Waals surface area (Å²) in [6.45, 7) is 6.47. The van der Waals surface area contributed by atoms with Crippen molar-refractivity contribution in [3.05, 3.63) is 12.2 Å². The van der Waals surface area contributed by atoms with Gasteiger partial charge in [-0.05, 0) is 26.7 Å². The fourth-order valence-electron chi connectivity index (χ4n) is 0.809. The monoisotopic (exact) mass is 178 g/mol. The maximum atomic E-state index is 5.71. The molecule has 1 aromatic rings. The molecule has 0 saturated carbocycles. The summed E-state index contributed by atoms with van der Waals surface area (Å²) in [5.74, 6) is 6.47. The maximum absolute atomic E-state index is 5.71. The molecule has 0 saturated heterocycles. The van der Waals surface area contributed by atoms with E-state index in [1.54, 1.807) is 4.68 Å². The Kier molecular flexibility index (Phi) is 2.69. The van der Waals surface area contributed by atoms with E-state index in [1.807, 2.05) is 20.8 Å². The summed E-state index contributed by atoms with van der Waals surface area (Å²) in [7, 11) is 0. The van der Waals surface area contributed by atoms with Gasteiger partial charge in [0.05, 0.1) is 5.54 Å². The van der Waals surface area contributed by atoms with Gasteiger partial charge in [-0.2, -0.15) is 5.10 Å². The molecule has 1 heterocycles. The molecule has 0 aliphatic heterocycles. The van der Waals surface area contributed by atoms with Gasteiger partial charge in [0.25, 0.3) is 0 Å². The first-order chi connectivity index (χ1) is 6.03. The average Bonchev–Trinajstić information content (AvgIpc) is 2.46. The van der Waals surface area contributed by atoms with E-state index in [0.29, 0.717) is 5.82 Å². The average molecular weight is 178 g/mol. The van der Waals surface area contributed by atoms with Gasteiger partial charge in [-0.25, -0.2) is 9.67 Å². The fraction of sp³-hybridized carbons (Fsp3) is 0.556. The second kappa shape index (κ2) is 3.58. The molecule has 1 rings (SSSR count). The lowest BCUT2D eigenvalue weighted by Gasteiger charge is -2.07. The second-order valence-corrected chi connectivity index (χ2v) is 3.37. The highest BCUT2D eigenvalue weighted by atomic mass is 15.3. The molecule has 0 atom stereocenters. The zero-order valence-corrected chi connectivity index (χ0v) is 8.20. The standard InChI is InChI=1S/C9H14N4/c1-4-13-8(11-7-12-13)5-6-9(2,3)10/h7H,4,10H2,1-3H3. The molecule has 1 aromatic heterocycles. The molecule has 0 spiro atoms. The molecule has 0 aliphatic rings. The van der Waals surface area contributed by atoms with Gasteiger partial charge < -0.3 is 5.73 Å². The highest BCUT2D eigenvalue weighted by Gasteiger charge is 2.05. The molecule has 0 aliphatic carbocycles. The van der Waals surface area contributed by atoms with Crippen molar-refractivity contribution >= 4 is 0 Å². The quantitative estimate of drug-likeness (QED) is 0.633. The summed E-state index contributed by atoms with van der Waals surface area (Å²) in [5, 5.41) is 4.00. The normalized spacial score (nSPS) is 10.8. The molecular weight excluding hydrogens is 164 g/mol. The minimum Gasteiger partial charge on any atom is -0.316 e. The highest BCUT2D eigenvalue weighted by molar-refractivity contribution is 5.25. The first-order valence-corrected chi connectivity index (χ1v) is 4.23. The molecule has 0 bridgehead atoms. The summed E-state index contributed by atoms with van der Waals surface area (Å²) in [6.07, 6.45) is 1.50. The summed E-state index contributed by atoms with van der Waals surface area (Å²) in [5.41, 5.74) is 5.23. The lowest BCUT2D eigenvalue weighted by Crippen LogP contribution is -2.29. The Labute approximate surface area is 78.2 Å². The van der Waals surface area contributed by atoms with Crippen molar-refractivity contribution in [3.63, 3.8) is 0 Å². The number of nitrogens with zero attached hydrogens (tertiary/aromatic N) is 3. The van der Waals surface area contributed by atoms with Crippen LogP contribution in [0.3, 0.4) is 0 Å². The van der Waals surface area contributed by atoms with Crippen molar-refractivity contribution in [2.45, 2.75) is 32.9 Å². The Morgan fingerprint density at radius 3 is 2.85 bits per heavy atom. The number of aromatic nitrogens is 3. The van der Waals surface area contributed by atoms with E-state index in [4.69, 9.17) is 5.73 Å². The lowest BCUT2D eigenvalue weighted by atomic mass is 10.1. The molecular formula is C9H14N4. The third-order valence-electron chi connectivity index (χ3n) is 1.41. The van der Waals surface area contributed by atoms with Crippen molar-refractivity contribution in [2.75, 3.05) is 0 Å². The van der Waals surface area contributed by atoms with Gasteiger partial charge >= 0.3 is 0 Å². The van der Waals surface area contributed by atoms with E-state index in [1.165, 1.54) is 6.33 Å². The van der Waals surface area contributed by atoms with Crippen LogP contribution in [0, 0.1) is 11.8 Å². The smallest absolute Gasteiger partial charge is 0.203 e. The van der Waals surface area contributed by atoms with Crippen LogP contribution in [-0.4, -0.2) is 20.3 Å². The van der Waals surface area contributed by atoms with Crippen LogP contribution in [0.5, 0.6) is 0 Å². The molecule has 0 radical (unpaired) electrons. The first-order valence-electron chi connectivity index (χ1n) is 4.23. The Hall–Kier alpha value is -1.34. The van der Waals surface area contributed by atoms with Crippen LogP contribution in [0.4, 0.5) is 0 Å². The minimum absolute atomic E-state index is 0.482. The predicted octanol–water partition coefficient (Wildman–Crippen LogP) is 0.387. The number of hydrogen-bond acceptors (Lipinski definition) is 3. The van der Waals surface area contributed by atoms with E-state index in [9.17, 15) is 0 Å². The minimum atomic E-state index is -0.482. The van der Waals surface area contributed by atoms with Crippen molar-refractivity contribution in [1.82, 2.24) is 14.8 Å². The molecule has 0 unspecified atom stereocenters. The zero-order valence-electron chi connectivity index (χ0n) is 8.20. The third-order valence-corrected chi connectivity index (χ3v) is 1.41. The SMILES string of the molecule is CCn1ncnc1C#CC(C)(C)N. The van der Waals surface area contributed by atoms with E-state index in [2.05, 4.69) is 21.9 Å². The number of aryl methyl sites for hydroxylation is 1. The van der Waals surface area contributed by atoms with Crippen LogP contribution in [-0.2, 0) is 6.54 Å². The summed E-state index contributed by atoms with van der Waals surface area (Å²) < 4.78 is 1.73. The Morgan fingerprint density at radius 2 is 2.31 bits per heavy atom. The van der Waals surface area contributed by atoms with E-state index >= 15 is 0 Å². The Bertz CT molecular complexity index is 334. The van der Waals surface area contributed by atoms with Gasteiger partial charge in [0, 0.05) is 6.54 Å². The fourth-order valence-corrected chi connectivity index (χ4v) is 0.809. The first kappa shape index (κ1) is 9.75. The van der Waals surface area contributed by atoms with Crippen LogP contribution in [0.15, 0.2) is 6.33 Å². The van der Waals surface area contributed by atoms with Crippen LogP contribution >= 0.6 is 0 Å². The van der Waals surface area contributed by atoms with Crippen molar-refractivity contribution < 1.29 is 0 Å². The highest BCUT2D eigenvalue weighted by Crippen LogP contribution is 1.95. The summed E-state index contributed by atoms with van der Waals surface area (Å²) in [6, 6.07) is 0. The molecule has 0 amide bonds. The Morgan fingerprint density at radius 1 is 1.62 bits per heavy atom. The molecule has 0 fully saturated rings. The predicted molar refractivity (Wildman–Crippen MR) is 50.8 cm³/mol. The molecule has 4 nitrogen and oxygen atoms in total. The maximum Gasteiger partial charge on any atom is 0.203 e. The van der Waals surface area contributed by atoms with Crippen LogP contribution < -0.4 is 5.73 Å². The van der Waals surface area contributed by atoms with Crippen molar-refractivity contribution in [3.8, 4) is 11.8 Å². The molecule has 2 N–H and O–H groups in total. The van der Waals surface area contributed by atoms with Crippen LogP contribution in [0.25, 0.3) is 0 Å². The molecule has 0 aromatic carbocycles. The largest absolute Gasteiger partial charge is 0.316 e. The lowest BCUT2D eigenvalue weighted by molar-refractivity contribution is 0.647. The van der Waals surface area contributed by atoms with Crippen LogP contribution in [0.1, 0.15) is 26.6 Å². The van der Waals surface area contributed by atoms with Gasteiger partial charge in [-0.15, -0.1) is 0 Å². The van der Waals surface area contributed by atoms with Gasteiger partial charge in [-0.1, -0.05) is 5.92 Å². The van der Waals surface area contributed by atoms with Crippen molar-refractivity contribution in [2.24, 2.45) is 5.73 Å². The Balaban J connectivity index is 2.89. The summed E-state index contributed by atoms with van der Waals surface area (Å²) in [4.78, 5) is 4.01. The third kappa shape index (κ3) is 2.88. The number of rotatable bonds is 1. The zero-order chi connectivity index (χ0) is 9.90.